The van der Waals surface area contributed by atoms with Crippen LogP contribution in [-0.2, 0) is 21.8 Å². The Labute approximate surface area is 268 Å². The second kappa shape index (κ2) is 13.0. The number of aliphatic hydroxyl groups excluding tert-OH is 1. The van der Waals surface area contributed by atoms with Gasteiger partial charge in [0.1, 0.15) is 29.2 Å². The van der Waals surface area contributed by atoms with E-state index in [1.165, 1.54) is 40.1 Å². The van der Waals surface area contributed by atoms with Gasteiger partial charge in [-0.3, -0.25) is 14.5 Å². The molecule has 1 amide bonds. The Bertz CT molecular complexity index is 1770. The standard InChI is InChI=1S/C34H32FN3O5S2/c1-19(2)13-14-42-26-6-4-5-22(17-26)29-28(30(39)23-9-12-27-24(16-23)15-20(3)43-27)31(40)32(41)38(29)33-36-37-34(45-33)44-18-21-7-10-25(35)11-8-21/h4-12,16-17,19-20,29,39H,13-15,18H2,1-3H3/t20-,29-/m1/s1. The Morgan fingerprint density at radius 2 is 1.93 bits per heavy atom. The van der Waals surface area contributed by atoms with Gasteiger partial charge in [0.25, 0.3) is 5.78 Å². The molecule has 8 nitrogen and oxygen atoms in total. The van der Waals surface area contributed by atoms with E-state index in [9.17, 15) is 19.1 Å². The molecule has 3 heterocycles. The van der Waals surface area contributed by atoms with E-state index in [1.54, 1.807) is 48.5 Å². The summed E-state index contributed by atoms with van der Waals surface area (Å²) < 4.78 is 25.7. The van der Waals surface area contributed by atoms with Crippen LogP contribution in [0.15, 0.2) is 76.6 Å². The molecule has 11 heteroatoms. The summed E-state index contributed by atoms with van der Waals surface area (Å²) in [5.74, 6) is 0.111. The number of halogens is 1. The van der Waals surface area contributed by atoms with E-state index in [2.05, 4.69) is 24.0 Å². The average Bonchev–Trinajstić information content (AvgIpc) is 3.71. The zero-order valence-corrected chi connectivity index (χ0v) is 26.7. The van der Waals surface area contributed by atoms with E-state index in [1.807, 2.05) is 13.0 Å². The topological polar surface area (TPSA) is 102 Å². The maximum absolute atomic E-state index is 13.7. The maximum Gasteiger partial charge on any atom is 0.301 e. The molecule has 1 N–H and O–H groups in total. The van der Waals surface area contributed by atoms with E-state index in [0.717, 1.165) is 23.3 Å². The second-order valence-electron chi connectivity index (χ2n) is 11.5. The highest BCUT2D eigenvalue weighted by atomic mass is 32.2. The first-order chi connectivity index (χ1) is 21.7. The molecular weight excluding hydrogens is 614 g/mol. The van der Waals surface area contributed by atoms with Crippen molar-refractivity contribution in [3.8, 4) is 11.5 Å². The predicted octanol–water partition coefficient (Wildman–Crippen LogP) is 7.34. The Hall–Kier alpha value is -4.22. The lowest BCUT2D eigenvalue weighted by molar-refractivity contribution is -0.132. The van der Waals surface area contributed by atoms with Gasteiger partial charge >= 0.3 is 5.91 Å². The van der Waals surface area contributed by atoms with Crippen molar-refractivity contribution in [1.82, 2.24) is 10.2 Å². The fourth-order valence-electron chi connectivity index (χ4n) is 5.34. The molecule has 3 aromatic carbocycles. The molecular formula is C34H32FN3O5S2. The quantitative estimate of drug-likeness (QED) is 0.0629. The SMILES string of the molecule is CC(C)CCOc1cccc([C@@H]2C(=C(O)c3ccc4c(c3)C[C@@H](C)O4)C(=O)C(=O)N2c2nnc(SCc3ccc(F)cc3)s2)c1. The minimum atomic E-state index is -0.968. The first-order valence-corrected chi connectivity index (χ1v) is 16.5. The molecule has 1 fully saturated rings. The number of hydrogen-bond donors (Lipinski definition) is 1. The molecule has 6 rings (SSSR count). The van der Waals surface area contributed by atoms with Crippen LogP contribution in [0.4, 0.5) is 9.52 Å². The van der Waals surface area contributed by atoms with Crippen molar-refractivity contribution < 1.29 is 28.6 Å². The summed E-state index contributed by atoms with van der Waals surface area (Å²) in [6, 6.07) is 17.7. The van der Waals surface area contributed by atoms with Gasteiger partial charge in [0, 0.05) is 17.7 Å². The molecule has 0 spiro atoms. The van der Waals surface area contributed by atoms with E-state index < -0.39 is 17.7 Å². The van der Waals surface area contributed by atoms with Crippen LogP contribution in [-0.4, -0.2) is 39.7 Å². The number of amides is 1. The molecule has 0 saturated carbocycles. The van der Waals surface area contributed by atoms with Gasteiger partial charge in [-0.25, -0.2) is 4.39 Å². The highest BCUT2D eigenvalue weighted by molar-refractivity contribution is 8.00. The summed E-state index contributed by atoms with van der Waals surface area (Å²) in [6.45, 7) is 6.72. The lowest BCUT2D eigenvalue weighted by Gasteiger charge is -2.23. The molecule has 2 aliphatic heterocycles. The van der Waals surface area contributed by atoms with E-state index >= 15 is 0 Å². The smallest absolute Gasteiger partial charge is 0.301 e. The minimum absolute atomic E-state index is 0.00828. The summed E-state index contributed by atoms with van der Waals surface area (Å²) >= 11 is 2.57. The van der Waals surface area contributed by atoms with Crippen LogP contribution in [0, 0.1) is 11.7 Å². The highest BCUT2D eigenvalue weighted by Crippen LogP contribution is 2.45. The number of carbonyl (C=O) groups excluding carboxylic acids is 2. The van der Waals surface area contributed by atoms with Crippen LogP contribution in [0.5, 0.6) is 11.5 Å². The number of Topliss-reactive ketones (excluding diaryl/α,β-unsaturated/α-hetero) is 1. The molecule has 4 aromatic rings. The monoisotopic (exact) mass is 645 g/mol. The number of nitrogens with zero attached hydrogens (tertiary/aromatic N) is 3. The number of benzene rings is 3. The molecule has 0 aliphatic carbocycles. The zero-order chi connectivity index (χ0) is 31.7. The summed E-state index contributed by atoms with van der Waals surface area (Å²) in [4.78, 5) is 28.7. The van der Waals surface area contributed by atoms with E-state index in [4.69, 9.17) is 9.47 Å². The van der Waals surface area contributed by atoms with Crippen molar-refractivity contribution >= 4 is 45.7 Å². The Balaban J connectivity index is 1.37. The van der Waals surface area contributed by atoms with Crippen LogP contribution < -0.4 is 14.4 Å². The highest BCUT2D eigenvalue weighted by Gasteiger charge is 2.48. The lowest BCUT2D eigenvalue weighted by atomic mass is 9.94. The largest absolute Gasteiger partial charge is 0.507 e. The fraction of sp³-hybridized carbons (Fsp3) is 0.294. The van der Waals surface area contributed by atoms with Crippen LogP contribution in [0.2, 0.25) is 0 Å². The van der Waals surface area contributed by atoms with Crippen LogP contribution in [0.1, 0.15) is 55.5 Å². The number of ketones is 1. The number of hydrogen-bond acceptors (Lipinski definition) is 9. The Morgan fingerprint density at radius 1 is 1.13 bits per heavy atom. The summed E-state index contributed by atoms with van der Waals surface area (Å²) in [6.07, 6.45) is 1.55. The Kier molecular flexibility index (Phi) is 8.91. The van der Waals surface area contributed by atoms with Gasteiger partial charge in [0.05, 0.1) is 18.2 Å². The molecule has 1 saturated heterocycles. The van der Waals surface area contributed by atoms with Crippen molar-refractivity contribution in [3.63, 3.8) is 0 Å². The van der Waals surface area contributed by atoms with Crippen molar-refractivity contribution in [2.45, 2.75) is 55.9 Å². The predicted molar refractivity (Wildman–Crippen MR) is 172 cm³/mol. The maximum atomic E-state index is 13.7. The van der Waals surface area contributed by atoms with Crippen molar-refractivity contribution in [2.75, 3.05) is 11.5 Å². The normalized spacial score (nSPS) is 18.8. The average molecular weight is 646 g/mol. The first kappa shape index (κ1) is 30.8. The molecule has 1 aromatic heterocycles. The summed E-state index contributed by atoms with van der Waals surface area (Å²) in [7, 11) is 0. The first-order valence-electron chi connectivity index (χ1n) is 14.7. The molecule has 232 valence electrons. The van der Waals surface area contributed by atoms with Crippen molar-refractivity contribution in [2.24, 2.45) is 5.92 Å². The van der Waals surface area contributed by atoms with Gasteiger partial charge < -0.3 is 14.6 Å². The summed E-state index contributed by atoms with van der Waals surface area (Å²) in [5, 5.41) is 20.4. The number of rotatable bonds is 10. The number of aromatic nitrogens is 2. The number of thioether (sulfide) groups is 1. The molecule has 0 radical (unpaired) electrons. The summed E-state index contributed by atoms with van der Waals surface area (Å²) in [5.41, 5.74) is 2.80. The zero-order valence-electron chi connectivity index (χ0n) is 25.0. The van der Waals surface area contributed by atoms with Gasteiger partial charge in [-0.1, -0.05) is 61.2 Å². The van der Waals surface area contributed by atoms with Crippen molar-refractivity contribution in [1.29, 1.82) is 0 Å². The third-order valence-electron chi connectivity index (χ3n) is 7.63. The molecule has 2 atom stereocenters. The molecule has 0 unspecified atom stereocenters. The molecule has 0 bridgehead atoms. The Morgan fingerprint density at radius 3 is 2.71 bits per heavy atom. The fourth-order valence-corrected chi connectivity index (χ4v) is 7.16. The minimum Gasteiger partial charge on any atom is -0.507 e. The number of carbonyl (C=O) groups is 2. The van der Waals surface area contributed by atoms with Crippen LogP contribution in [0.25, 0.3) is 5.76 Å². The number of anilines is 1. The lowest BCUT2D eigenvalue weighted by Crippen LogP contribution is -2.29. The molecule has 45 heavy (non-hydrogen) atoms. The van der Waals surface area contributed by atoms with E-state index in [0.29, 0.717) is 45.9 Å². The third-order valence-corrected chi connectivity index (χ3v) is 9.76. The van der Waals surface area contributed by atoms with Gasteiger partial charge in [0.15, 0.2) is 4.34 Å². The van der Waals surface area contributed by atoms with Gasteiger partial charge in [-0.2, -0.15) is 0 Å². The number of fused-ring (bicyclic) bond motifs is 1. The third kappa shape index (κ3) is 6.60. The molecule has 2 aliphatic rings. The number of ether oxygens (including phenoxy) is 2. The van der Waals surface area contributed by atoms with Gasteiger partial charge in [0.2, 0.25) is 5.13 Å². The van der Waals surface area contributed by atoms with Gasteiger partial charge in [-0.05, 0) is 78.4 Å². The number of aliphatic hydroxyl groups is 1. The van der Waals surface area contributed by atoms with Crippen LogP contribution >= 0.6 is 23.1 Å². The second-order valence-corrected chi connectivity index (χ2v) is 13.7. The van der Waals surface area contributed by atoms with Crippen LogP contribution in [0.3, 0.4) is 0 Å². The van der Waals surface area contributed by atoms with Gasteiger partial charge in [-0.15, -0.1) is 10.2 Å². The van der Waals surface area contributed by atoms with E-state index in [-0.39, 0.29) is 28.4 Å². The van der Waals surface area contributed by atoms with Crippen molar-refractivity contribution in [3.05, 3.63) is 100 Å².